The van der Waals surface area contributed by atoms with E-state index < -0.39 is 0 Å². The molecule has 0 radical (unpaired) electrons. The molecule has 1 saturated heterocycles. The van der Waals surface area contributed by atoms with Crippen LogP contribution in [-0.4, -0.2) is 36.1 Å². The maximum Gasteiger partial charge on any atom is 0.0541 e. The lowest BCUT2D eigenvalue weighted by molar-refractivity contribution is 0.190. The lowest BCUT2D eigenvalue weighted by Crippen LogP contribution is -2.34. The van der Waals surface area contributed by atoms with Crippen LogP contribution in [0.2, 0.25) is 0 Å². The number of likely N-dealkylation sites (tertiary alicyclic amines) is 1. The van der Waals surface area contributed by atoms with Crippen molar-refractivity contribution in [1.29, 1.82) is 0 Å². The molecule has 1 fully saturated rings. The highest BCUT2D eigenvalue weighted by molar-refractivity contribution is 5.11. The molecule has 0 aromatic carbocycles. The van der Waals surface area contributed by atoms with Gasteiger partial charge in [-0.15, -0.1) is 0 Å². The van der Waals surface area contributed by atoms with Gasteiger partial charge in [-0.3, -0.25) is 4.98 Å². The van der Waals surface area contributed by atoms with Crippen LogP contribution in [0.15, 0.2) is 18.3 Å². The van der Waals surface area contributed by atoms with Crippen molar-refractivity contribution in [3.8, 4) is 0 Å². The number of hydrogen-bond donors (Lipinski definition) is 1. The van der Waals surface area contributed by atoms with E-state index in [1.54, 1.807) is 0 Å². The van der Waals surface area contributed by atoms with Crippen LogP contribution in [0.3, 0.4) is 0 Å². The third-order valence-electron chi connectivity index (χ3n) is 3.98. The number of aryl methyl sites for hydroxylation is 1. The highest BCUT2D eigenvalue weighted by Crippen LogP contribution is 2.15. The van der Waals surface area contributed by atoms with Crippen LogP contribution in [-0.2, 0) is 6.54 Å². The van der Waals surface area contributed by atoms with Crippen LogP contribution in [0, 0.1) is 12.8 Å². The summed E-state index contributed by atoms with van der Waals surface area (Å²) >= 11 is 0. The van der Waals surface area contributed by atoms with E-state index in [1.807, 2.05) is 6.20 Å². The van der Waals surface area contributed by atoms with Crippen molar-refractivity contribution in [2.24, 2.45) is 5.92 Å². The van der Waals surface area contributed by atoms with Gasteiger partial charge in [0.2, 0.25) is 0 Å². The lowest BCUT2D eigenvalue weighted by Gasteiger charge is -2.30. The Bertz CT molecular complexity index is 353. The van der Waals surface area contributed by atoms with Gasteiger partial charge in [0.15, 0.2) is 0 Å². The van der Waals surface area contributed by atoms with Crippen LogP contribution in [0.25, 0.3) is 0 Å². The Balaban J connectivity index is 1.53. The summed E-state index contributed by atoms with van der Waals surface area (Å²) in [5, 5.41) is 3.48. The summed E-state index contributed by atoms with van der Waals surface area (Å²) in [5.74, 6) is 0.932. The molecule has 0 amide bonds. The second kappa shape index (κ2) is 7.61. The molecule has 2 rings (SSSR count). The molecule has 0 aliphatic carbocycles. The molecule has 0 unspecified atom stereocenters. The fourth-order valence-electron chi connectivity index (χ4n) is 2.53. The van der Waals surface area contributed by atoms with Crippen molar-refractivity contribution in [1.82, 2.24) is 15.2 Å². The second-order valence-electron chi connectivity index (χ2n) is 5.88. The number of rotatable bonds is 6. The minimum Gasteiger partial charge on any atom is -0.311 e. The first kappa shape index (κ1) is 14.5. The van der Waals surface area contributed by atoms with Crippen molar-refractivity contribution in [2.75, 3.05) is 26.2 Å². The summed E-state index contributed by atoms with van der Waals surface area (Å²) in [7, 11) is 0. The molecular formula is C16H27N3. The van der Waals surface area contributed by atoms with Crippen molar-refractivity contribution in [3.63, 3.8) is 0 Å². The highest BCUT2D eigenvalue weighted by Gasteiger charge is 2.14. The number of nitrogens with zero attached hydrogens (tertiary/aromatic N) is 2. The molecule has 0 spiro atoms. The fourth-order valence-corrected chi connectivity index (χ4v) is 2.53. The van der Waals surface area contributed by atoms with Crippen molar-refractivity contribution in [3.05, 3.63) is 29.6 Å². The zero-order chi connectivity index (χ0) is 13.5. The van der Waals surface area contributed by atoms with Gasteiger partial charge < -0.3 is 10.2 Å². The molecule has 1 aliphatic heterocycles. The molecule has 106 valence electrons. The van der Waals surface area contributed by atoms with E-state index in [9.17, 15) is 0 Å². The van der Waals surface area contributed by atoms with Crippen LogP contribution in [0.5, 0.6) is 0 Å². The number of pyridine rings is 1. The molecule has 1 aromatic heterocycles. The predicted molar refractivity (Wildman–Crippen MR) is 80.1 cm³/mol. The largest absolute Gasteiger partial charge is 0.311 e. The average Bonchev–Trinajstić information content (AvgIpc) is 2.43. The summed E-state index contributed by atoms with van der Waals surface area (Å²) in [6.45, 7) is 10.2. The van der Waals surface area contributed by atoms with E-state index in [1.165, 1.54) is 44.5 Å². The number of aromatic nitrogens is 1. The summed E-state index contributed by atoms with van der Waals surface area (Å²) in [6, 6.07) is 4.23. The van der Waals surface area contributed by atoms with Crippen molar-refractivity contribution in [2.45, 2.75) is 39.7 Å². The van der Waals surface area contributed by atoms with Crippen LogP contribution in [0.1, 0.15) is 37.4 Å². The van der Waals surface area contributed by atoms with Crippen LogP contribution >= 0.6 is 0 Å². The third-order valence-corrected chi connectivity index (χ3v) is 3.98. The van der Waals surface area contributed by atoms with Gasteiger partial charge in [0.25, 0.3) is 0 Å². The first-order valence-electron chi connectivity index (χ1n) is 7.58. The molecule has 0 atom stereocenters. The first-order chi connectivity index (χ1) is 9.24. The summed E-state index contributed by atoms with van der Waals surface area (Å²) in [6.07, 6.45) is 5.92. The Kier molecular flexibility index (Phi) is 5.80. The van der Waals surface area contributed by atoms with Crippen LogP contribution < -0.4 is 5.32 Å². The molecule has 1 aliphatic rings. The molecule has 2 heterocycles. The van der Waals surface area contributed by atoms with Gasteiger partial charge in [0, 0.05) is 12.7 Å². The SMILES string of the molecule is Cc1ccc(CNCCCN2CCC(C)CC2)nc1. The van der Waals surface area contributed by atoms with E-state index >= 15 is 0 Å². The molecule has 19 heavy (non-hydrogen) atoms. The lowest BCUT2D eigenvalue weighted by atomic mass is 9.99. The Morgan fingerprint density at radius 1 is 1.32 bits per heavy atom. The molecule has 3 heteroatoms. The van der Waals surface area contributed by atoms with Gasteiger partial charge in [0.05, 0.1) is 5.69 Å². The number of nitrogens with one attached hydrogen (secondary N) is 1. The van der Waals surface area contributed by atoms with Gasteiger partial charge >= 0.3 is 0 Å². The first-order valence-corrected chi connectivity index (χ1v) is 7.58. The van der Waals surface area contributed by atoms with Gasteiger partial charge in [-0.1, -0.05) is 13.0 Å². The van der Waals surface area contributed by atoms with E-state index in [0.29, 0.717) is 0 Å². The van der Waals surface area contributed by atoms with E-state index in [2.05, 4.69) is 41.2 Å². The smallest absolute Gasteiger partial charge is 0.0541 e. The topological polar surface area (TPSA) is 28.2 Å². The molecule has 0 saturated carbocycles. The second-order valence-corrected chi connectivity index (χ2v) is 5.88. The standard InChI is InChI=1S/C16H27N3/c1-14-6-10-19(11-7-14)9-3-8-17-13-16-5-4-15(2)12-18-16/h4-5,12,14,17H,3,6-11,13H2,1-2H3. The molecule has 1 aromatic rings. The summed E-state index contributed by atoms with van der Waals surface area (Å²) < 4.78 is 0. The van der Waals surface area contributed by atoms with E-state index in [0.717, 1.165) is 24.7 Å². The summed E-state index contributed by atoms with van der Waals surface area (Å²) in [4.78, 5) is 7.00. The van der Waals surface area contributed by atoms with E-state index in [-0.39, 0.29) is 0 Å². The average molecular weight is 261 g/mol. The Morgan fingerprint density at radius 2 is 2.11 bits per heavy atom. The fraction of sp³-hybridized carbons (Fsp3) is 0.688. The zero-order valence-corrected chi connectivity index (χ0v) is 12.4. The molecule has 3 nitrogen and oxygen atoms in total. The Labute approximate surface area is 117 Å². The third kappa shape index (κ3) is 5.29. The van der Waals surface area contributed by atoms with Gasteiger partial charge in [-0.05, 0) is 69.9 Å². The van der Waals surface area contributed by atoms with E-state index in [4.69, 9.17) is 0 Å². The molecule has 0 bridgehead atoms. The maximum atomic E-state index is 4.40. The normalized spacial score (nSPS) is 17.8. The van der Waals surface area contributed by atoms with Crippen LogP contribution in [0.4, 0.5) is 0 Å². The van der Waals surface area contributed by atoms with Crippen molar-refractivity contribution >= 4 is 0 Å². The maximum absolute atomic E-state index is 4.40. The monoisotopic (exact) mass is 261 g/mol. The number of hydrogen-bond acceptors (Lipinski definition) is 3. The predicted octanol–water partition coefficient (Wildman–Crippen LogP) is 2.60. The highest BCUT2D eigenvalue weighted by atomic mass is 15.1. The Hall–Kier alpha value is -0.930. The number of piperidine rings is 1. The Morgan fingerprint density at radius 3 is 2.79 bits per heavy atom. The zero-order valence-electron chi connectivity index (χ0n) is 12.4. The van der Waals surface area contributed by atoms with Gasteiger partial charge in [-0.2, -0.15) is 0 Å². The summed E-state index contributed by atoms with van der Waals surface area (Å²) in [5.41, 5.74) is 2.36. The minimum absolute atomic E-state index is 0.886. The molecule has 1 N–H and O–H groups in total. The van der Waals surface area contributed by atoms with Gasteiger partial charge in [0.1, 0.15) is 0 Å². The van der Waals surface area contributed by atoms with Crippen molar-refractivity contribution < 1.29 is 0 Å². The minimum atomic E-state index is 0.886. The molecular weight excluding hydrogens is 234 g/mol. The van der Waals surface area contributed by atoms with Gasteiger partial charge in [-0.25, -0.2) is 0 Å². The quantitative estimate of drug-likeness (QED) is 0.798.